The van der Waals surface area contributed by atoms with Crippen LogP contribution in [0.15, 0.2) is 24.3 Å². The van der Waals surface area contributed by atoms with Gasteiger partial charge in [0.15, 0.2) is 0 Å². The van der Waals surface area contributed by atoms with Crippen molar-refractivity contribution in [3.63, 3.8) is 0 Å². The zero-order valence-corrected chi connectivity index (χ0v) is 12.4. The number of rotatable bonds is 5. The predicted octanol–water partition coefficient (Wildman–Crippen LogP) is 2.63. The number of hydrogen-bond donors (Lipinski definition) is 2. The monoisotopic (exact) mass is 275 g/mol. The van der Waals surface area contributed by atoms with E-state index in [0.29, 0.717) is 12.5 Å². The summed E-state index contributed by atoms with van der Waals surface area (Å²) in [4.78, 5) is 11.8. The standard InChI is InChI=1S/C17H25NO2/c1-12(2)16(19)10-17(20)18-11-14-8-5-7-13-6-3-4-9-15(13)14/h3-4,6,9,12,14,16,19H,5,7-8,10-11H2,1-2H3,(H,18,20). The first-order valence-corrected chi connectivity index (χ1v) is 7.60. The number of aryl methyl sites for hydroxylation is 1. The molecule has 2 rings (SSSR count). The summed E-state index contributed by atoms with van der Waals surface area (Å²) in [7, 11) is 0. The molecule has 1 aliphatic rings. The van der Waals surface area contributed by atoms with Gasteiger partial charge in [-0.05, 0) is 36.3 Å². The third-order valence-electron chi connectivity index (χ3n) is 4.20. The third-order valence-corrected chi connectivity index (χ3v) is 4.20. The Morgan fingerprint density at radius 1 is 1.40 bits per heavy atom. The van der Waals surface area contributed by atoms with Crippen LogP contribution in [0.25, 0.3) is 0 Å². The summed E-state index contributed by atoms with van der Waals surface area (Å²) in [5.74, 6) is 0.491. The SMILES string of the molecule is CC(C)C(O)CC(=O)NCC1CCCc2ccccc21. The van der Waals surface area contributed by atoms with Crippen LogP contribution in [0.2, 0.25) is 0 Å². The molecule has 0 heterocycles. The van der Waals surface area contributed by atoms with Crippen LogP contribution < -0.4 is 5.32 Å². The average molecular weight is 275 g/mol. The molecule has 0 spiro atoms. The van der Waals surface area contributed by atoms with Crippen LogP contribution in [0, 0.1) is 5.92 Å². The smallest absolute Gasteiger partial charge is 0.222 e. The topological polar surface area (TPSA) is 49.3 Å². The average Bonchev–Trinajstić information content (AvgIpc) is 2.44. The number of carbonyl (C=O) groups is 1. The van der Waals surface area contributed by atoms with Gasteiger partial charge in [0.2, 0.25) is 5.91 Å². The van der Waals surface area contributed by atoms with Crippen LogP contribution in [0.3, 0.4) is 0 Å². The second kappa shape index (κ2) is 6.89. The second-order valence-electron chi connectivity index (χ2n) is 6.11. The summed E-state index contributed by atoms with van der Waals surface area (Å²) < 4.78 is 0. The van der Waals surface area contributed by atoms with Crippen LogP contribution >= 0.6 is 0 Å². The van der Waals surface area contributed by atoms with Gasteiger partial charge in [0.05, 0.1) is 12.5 Å². The van der Waals surface area contributed by atoms with Gasteiger partial charge in [-0.25, -0.2) is 0 Å². The van der Waals surface area contributed by atoms with Crippen molar-refractivity contribution in [3.05, 3.63) is 35.4 Å². The Morgan fingerprint density at radius 3 is 2.90 bits per heavy atom. The number of aliphatic hydroxyl groups is 1. The lowest BCUT2D eigenvalue weighted by Gasteiger charge is -2.26. The molecule has 2 N–H and O–H groups in total. The maximum atomic E-state index is 11.8. The van der Waals surface area contributed by atoms with Crippen LogP contribution in [0.4, 0.5) is 0 Å². The molecule has 1 amide bonds. The van der Waals surface area contributed by atoms with Gasteiger partial charge in [0.25, 0.3) is 0 Å². The molecule has 0 saturated heterocycles. The van der Waals surface area contributed by atoms with Crippen molar-refractivity contribution < 1.29 is 9.90 Å². The van der Waals surface area contributed by atoms with Crippen LogP contribution in [-0.4, -0.2) is 23.7 Å². The van der Waals surface area contributed by atoms with Gasteiger partial charge in [-0.3, -0.25) is 4.79 Å². The molecule has 0 aliphatic heterocycles. The minimum Gasteiger partial charge on any atom is -0.392 e. The second-order valence-corrected chi connectivity index (χ2v) is 6.11. The normalized spacial score (nSPS) is 19.5. The molecule has 0 fully saturated rings. The summed E-state index contributed by atoms with van der Waals surface area (Å²) in [6.07, 6.45) is 3.11. The van der Waals surface area contributed by atoms with E-state index in [9.17, 15) is 9.90 Å². The molecular weight excluding hydrogens is 250 g/mol. The summed E-state index contributed by atoms with van der Waals surface area (Å²) in [5.41, 5.74) is 2.80. The minimum atomic E-state index is -0.548. The maximum absolute atomic E-state index is 11.8. The molecule has 1 aromatic rings. The summed E-state index contributed by atoms with van der Waals surface area (Å²) in [6, 6.07) is 8.51. The largest absolute Gasteiger partial charge is 0.392 e. The van der Waals surface area contributed by atoms with Crippen molar-refractivity contribution in [2.24, 2.45) is 5.92 Å². The number of benzene rings is 1. The van der Waals surface area contributed by atoms with Gasteiger partial charge in [-0.15, -0.1) is 0 Å². The highest BCUT2D eigenvalue weighted by atomic mass is 16.3. The van der Waals surface area contributed by atoms with E-state index in [0.717, 1.165) is 12.8 Å². The fourth-order valence-corrected chi connectivity index (χ4v) is 2.80. The molecule has 2 atom stereocenters. The highest BCUT2D eigenvalue weighted by Crippen LogP contribution is 2.30. The van der Waals surface area contributed by atoms with Crippen molar-refractivity contribution in [2.75, 3.05) is 6.54 Å². The van der Waals surface area contributed by atoms with Gasteiger partial charge >= 0.3 is 0 Å². The Morgan fingerprint density at radius 2 is 2.15 bits per heavy atom. The van der Waals surface area contributed by atoms with Crippen molar-refractivity contribution in [2.45, 2.75) is 51.6 Å². The lowest BCUT2D eigenvalue weighted by Crippen LogP contribution is -2.33. The molecule has 1 aliphatic carbocycles. The number of amides is 1. The zero-order valence-electron chi connectivity index (χ0n) is 12.4. The molecule has 0 bridgehead atoms. The van der Waals surface area contributed by atoms with Crippen LogP contribution in [0.5, 0.6) is 0 Å². The molecule has 3 heteroatoms. The zero-order chi connectivity index (χ0) is 14.5. The van der Waals surface area contributed by atoms with Crippen molar-refractivity contribution in [3.8, 4) is 0 Å². The lowest BCUT2D eigenvalue weighted by molar-refractivity contribution is -0.123. The Hall–Kier alpha value is -1.35. The van der Waals surface area contributed by atoms with Crippen LogP contribution in [-0.2, 0) is 11.2 Å². The summed E-state index contributed by atoms with van der Waals surface area (Å²) in [6.45, 7) is 4.53. The number of aliphatic hydroxyl groups excluding tert-OH is 1. The molecule has 20 heavy (non-hydrogen) atoms. The van der Waals surface area contributed by atoms with Gasteiger partial charge < -0.3 is 10.4 Å². The number of fused-ring (bicyclic) bond motifs is 1. The predicted molar refractivity (Wildman–Crippen MR) is 80.6 cm³/mol. The van der Waals surface area contributed by atoms with E-state index in [1.54, 1.807) is 0 Å². The van der Waals surface area contributed by atoms with E-state index in [2.05, 4.69) is 29.6 Å². The highest BCUT2D eigenvalue weighted by Gasteiger charge is 2.21. The Kier molecular flexibility index (Phi) is 5.18. The van der Waals surface area contributed by atoms with Crippen molar-refractivity contribution in [1.29, 1.82) is 0 Å². The van der Waals surface area contributed by atoms with E-state index in [4.69, 9.17) is 0 Å². The third kappa shape index (κ3) is 3.83. The fraction of sp³-hybridized carbons (Fsp3) is 0.588. The Bertz CT molecular complexity index is 456. The van der Waals surface area contributed by atoms with Crippen molar-refractivity contribution in [1.82, 2.24) is 5.32 Å². The fourth-order valence-electron chi connectivity index (χ4n) is 2.80. The van der Waals surface area contributed by atoms with E-state index < -0.39 is 6.10 Å². The summed E-state index contributed by atoms with van der Waals surface area (Å²) in [5, 5.41) is 12.7. The molecule has 0 radical (unpaired) electrons. The molecule has 3 nitrogen and oxygen atoms in total. The molecule has 2 unspecified atom stereocenters. The quantitative estimate of drug-likeness (QED) is 0.868. The lowest BCUT2D eigenvalue weighted by atomic mass is 9.83. The Balaban J connectivity index is 1.88. The number of hydrogen-bond acceptors (Lipinski definition) is 2. The van der Waals surface area contributed by atoms with E-state index in [1.165, 1.54) is 17.5 Å². The van der Waals surface area contributed by atoms with E-state index in [1.807, 2.05) is 13.8 Å². The first-order chi connectivity index (χ1) is 9.58. The number of carbonyl (C=O) groups excluding carboxylic acids is 1. The van der Waals surface area contributed by atoms with Crippen LogP contribution in [0.1, 0.15) is 50.2 Å². The molecule has 1 aromatic carbocycles. The molecular formula is C17H25NO2. The first kappa shape index (κ1) is 15.0. The summed E-state index contributed by atoms with van der Waals surface area (Å²) >= 11 is 0. The van der Waals surface area contributed by atoms with Gasteiger partial charge in [-0.2, -0.15) is 0 Å². The maximum Gasteiger partial charge on any atom is 0.222 e. The molecule has 0 aromatic heterocycles. The van der Waals surface area contributed by atoms with E-state index in [-0.39, 0.29) is 18.2 Å². The van der Waals surface area contributed by atoms with Gasteiger partial charge in [0, 0.05) is 12.5 Å². The molecule has 0 saturated carbocycles. The van der Waals surface area contributed by atoms with Gasteiger partial charge in [0.1, 0.15) is 0 Å². The number of nitrogens with one attached hydrogen (secondary N) is 1. The highest BCUT2D eigenvalue weighted by molar-refractivity contribution is 5.76. The first-order valence-electron chi connectivity index (χ1n) is 7.60. The van der Waals surface area contributed by atoms with Gasteiger partial charge in [-0.1, -0.05) is 38.1 Å². The van der Waals surface area contributed by atoms with Crippen molar-refractivity contribution >= 4 is 5.91 Å². The minimum absolute atomic E-state index is 0.0470. The molecule has 110 valence electrons. The Labute approximate surface area is 121 Å². The van der Waals surface area contributed by atoms with E-state index >= 15 is 0 Å².